The molecule has 0 saturated heterocycles. The molecule has 0 saturated carbocycles. The maximum absolute atomic E-state index is 12.0. The number of benzene rings is 2. The van der Waals surface area contributed by atoms with Gasteiger partial charge >= 0.3 is 0 Å². The Labute approximate surface area is 145 Å². The van der Waals surface area contributed by atoms with Gasteiger partial charge in [0.25, 0.3) is 0 Å². The molecule has 2 aromatic carbocycles. The molecule has 1 N–H and O–H groups in total. The number of hydrogen-bond acceptors (Lipinski definition) is 4. The van der Waals surface area contributed by atoms with Crippen LogP contribution in [0.4, 0.5) is 0 Å². The highest BCUT2D eigenvalue weighted by atomic mass is 32.2. The van der Waals surface area contributed by atoms with E-state index in [1.54, 1.807) is 11.8 Å². The van der Waals surface area contributed by atoms with Crippen molar-refractivity contribution in [2.75, 3.05) is 0 Å². The highest BCUT2D eigenvalue weighted by Gasteiger charge is 2.25. The summed E-state index contributed by atoms with van der Waals surface area (Å²) in [7, 11) is 0. The second-order valence-corrected chi connectivity index (χ2v) is 9.27. The lowest BCUT2D eigenvalue weighted by molar-refractivity contribution is 0.112. The van der Waals surface area contributed by atoms with Gasteiger partial charge in [0.15, 0.2) is 6.29 Å². The SMILES string of the molecule is CC(C)(C)[S+]([O-])NCc1ccc(Sc2ccccc2C=O)cc1. The van der Waals surface area contributed by atoms with Gasteiger partial charge in [-0.25, -0.2) is 0 Å². The molecule has 0 aliphatic heterocycles. The van der Waals surface area contributed by atoms with Crippen LogP contribution in [0.2, 0.25) is 0 Å². The average Bonchev–Trinajstić information content (AvgIpc) is 2.53. The maximum atomic E-state index is 12.0. The number of aldehydes is 1. The third-order valence-electron chi connectivity index (χ3n) is 3.16. The third-order valence-corrected chi connectivity index (χ3v) is 5.78. The van der Waals surface area contributed by atoms with Gasteiger partial charge in [0.2, 0.25) is 0 Å². The molecule has 3 nitrogen and oxygen atoms in total. The van der Waals surface area contributed by atoms with Crippen molar-refractivity contribution in [2.45, 2.75) is 41.9 Å². The van der Waals surface area contributed by atoms with E-state index in [-0.39, 0.29) is 4.75 Å². The van der Waals surface area contributed by atoms with Crippen LogP contribution in [-0.2, 0) is 17.9 Å². The zero-order chi connectivity index (χ0) is 16.9. The van der Waals surface area contributed by atoms with E-state index < -0.39 is 11.4 Å². The molecule has 0 amide bonds. The molecular weight excluding hydrogens is 326 g/mol. The molecule has 0 fully saturated rings. The van der Waals surface area contributed by atoms with Gasteiger partial charge in [0.05, 0.1) is 6.54 Å². The molecule has 2 aromatic rings. The molecule has 0 spiro atoms. The van der Waals surface area contributed by atoms with Crippen LogP contribution in [0, 0.1) is 0 Å². The summed E-state index contributed by atoms with van der Waals surface area (Å²) >= 11 is 0.491. The number of hydrogen-bond donors (Lipinski definition) is 1. The molecule has 122 valence electrons. The Balaban J connectivity index is 1.98. The largest absolute Gasteiger partial charge is 0.598 e. The van der Waals surface area contributed by atoms with Crippen LogP contribution >= 0.6 is 11.8 Å². The van der Waals surface area contributed by atoms with Gasteiger partial charge in [0, 0.05) is 26.7 Å². The van der Waals surface area contributed by atoms with Gasteiger partial charge in [0.1, 0.15) is 4.75 Å². The first kappa shape index (κ1) is 18.1. The Bertz CT molecular complexity index is 651. The molecule has 23 heavy (non-hydrogen) atoms. The lowest BCUT2D eigenvalue weighted by Gasteiger charge is -2.23. The molecule has 5 heteroatoms. The predicted octanol–water partition coefficient (Wildman–Crippen LogP) is 4.20. The zero-order valence-corrected chi connectivity index (χ0v) is 15.2. The monoisotopic (exact) mass is 347 g/mol. The number of carbonyl (C=O) groups excluding carboxylic acids is 1. The number of rotatable bonds is 6. The van der Waals surface area contributed by atoms with E-state index in [4.69, 9.17) is 0 Å². The summed E-state index contributed by atoms with van der Waals surface area (Å²) in [5, 5.41) is 0. The first-order valence-corrected chi connectivity index (χ1v) is 9.33. The van der Waals surface area contributed by atoms with E-state index in [2.05, 4.69) is 4.72 Å². The number of carbonyl (C=O) groups is 1. The second-order valence-electron chi connectivity index (χ2n) is 6.10. The summed E-state index contributed by atoms with van der Waals surface area (Å²) in [4.78, 5) is 13.1. The lowest BCUT2D eigenvalue weighted by Crippen LogP contribution is -2.38. The Hall–Kier alpha value is -1.27. The van der Waals surface area contributed by atoms with Crippen molar-refractivity contribution in [1.29, 1.82) is 0 Å². The van der Waals surface area contributed by atoms with Gasteiger partial charge in [-0.2, -0.15) is 0 Å². The van der Waals surface area contributed by atoms with E-state index in [1.165, 1.54) is 0 Å². The smallest absolute Gasteiger partial charge is 0.151 e. The van der Waals surface area contributed by atoms with Crippen molar-refractivity contribution < 1.29 is 9.35 Å². The minimum atomic E-state index is -1.07. The van der Waals surface area contributed by atoms with Gasteiger partial charge in [-0.1, -0.05) is 42.1 Å². The van der Waals surface area contributed by atoms with E-state index in [0.29, 0.717) is 12.1 Å². The summed E-state index contributed by atoms with van der Waals surface area (Å²) in [6.07, 6.45) is 0.877. The van der Waals surface area contributed by atoms with E-state index in [9.17, 15) is 9.35 Å². The topological polar surface area (TPSA) is 52.2 Å². The van der Waals surface area contributed by atoms with Crippen molar-refractivity contribution >= 4 is 29.4 Å². The molecule has 0 radical (unpaired) electrons. The molecule has 0 aromatic heterocycles. The maximum Gasteiger partial charge on any atom is 0.151 e. The normalized spacial score (nSPS) is 12.9. The highest BCUT2D eigenvalue weighted by molar-refractivity contribution is 7.99. The van der Waals surface area contributed by atoms with Crippen LogP contribution in [0.15, 0.2) is 58.3 Å². The van der Waals surface area contributed by atoms with Gasteiger partial charge in [-0.15, -0.1) is 4.72 Å². The Morgan fingerprint density at radius 1 is 1.13 bits per heavy atom. The Kier molecular flexibility index (Phi) is 6.30. The summed E-state index contributed by atoms with van der Waals surface area (Å²) in [5.41, 5.74) is 1.78. The molecule has 2 rings (SSSR count). The summed E-state index contributed by atoms with van der Waals surface area (Å²) in [6.45, 7) is 6.40. The quantitative estimate of drug-likeness (QED) is 0.628. The summed E-state index contributed by atoms with van der Waals surface area (Å²) in [6, 6.07) is 15.6. The first-order chi connectivity index (χ1) is 10.9. The molecule has 1 atom stereocenters. The fraction of sp³-hybridized carbons (Fsp3) is 0.278. The molecule has 0 aliphatic carbocycles. The van der Waals surface area contributed by atoms with Crippen molar-refractivity contribution in [3.05, 3.63) is 59.7 Å². The Morgan fingerprint density at radius 2 is 1.78 bits per heavy atom. The van der Waals surface area contributed by atoms with Crippen LogP contribution in [0.1, 0.15) is 36.7 Å². The molecule has 0 heterocycles. The van der Waals surface area contributed by atoms with Crippen molar-refractivity contribution in [3.63, 3.8) is 0 Å². The van der Waals surface area contributed by atoms with Gasteiger partial charge in [-0.3, -0.25) is 4.79 Å². The molecule has 1 unspecified atom stereocenters. The molecule has 0 bridgehead atoms. The van der Waals surface area contributed by atoms with Crippen LogP contribution in [0.5, 0.6) is 0 Å². The summed E-state index contributed by atoms with van der Waals surface area (Å²) < 4.78 is 14.8. The van der Waals surface area contributed by atoms with Crippen molar-refractivity contribution in [1.82, 2.24) is 4.72 Å². The zero-order valence-electron chi connectivity index (χ0n) is 13.5. The van der Waals surface area contributed by atoms with Crippen LogP contribution < -0.4 is 4.72 Å². The first-order valence-electron chi connectivity index (χ1n) is 7.36. The molecular formula is C18H21NO2S2. The second kappa shape index (κ2) is 8.02. The third kappa shape index (κ3) is 5.39. The fourth-order valence-electron chi connectivity index (χ4n) is 1.84. The highest BCUT2D eigenvalue weighted by Crippen LogP contribution is 2.29. The van der Waals surface area contributed by atoms with Crippen molar-refractivity contribution in [2.24, 2.45) is 0 Å². The van der Waals surface area contributed by atoms with Crippen LogP contribution in [0.25, 0.3) is 0 Å². The standard InChI is InChI=1S/C18H21NO2S2/c1-18(2,3)23(21)19-12-14-8-10-16(11-9-14)22-17-7-5-4-6-15(17)13-20/h4-11,13,19H,12H2,1-3H3. The summed E-state index contributed by atoms with van der Waals surface area (Å²) in [5.74, 6) is 0. The molecule has 0 aliphatic rings. The minimum Gasteiger partial charge on any atom is -0.598 e. The van der Waals surface area contributed by atoms with Crippen LogP contribution in [0.3, 0.4) is 0 Å². The fourth-order valence-corrected chi connectivity index (χ4v) is 3.48. The van der Waals surface area contributed by atoms with Crippen molar-refractivity contribution in [3.8, 4) is 0 Å². The average molecular weight is 348 g/mol. The van der Waals surface area contributed by atoms with Gasteiger partial charge < -0.3 is 4.55 Å². The number of nitrogens with one attached hydrogen (secondary N) is 1. The predicted molar refractivity (Wildman–Crippen MR) is 97.1 cm³/mol. The van der Waals surface area contributed by atoms with E-state index in [1.807, 2.05) is 69.3 Å². The van der Waals surface area contributed by atoms with Gasteiger partial charge in [-0.05, 0) is 44.5 Å². The minimum absolute atomic E-state index is 0.270. The Morgan fingerprint density at radius 3 is 2.39 bits per heavy atom. The lowest BCUT2D eigenvalue weighted by atomic mass is 10.2. The van der Waals surface area contributed by atoms with E-state index >= 15 is 0 Å². The van der Waals surface area contributed by atoms with E-state index in [0.717, 1.165) is 21.6 Å². The van der Waals surface area contributed by atoms with Crippen LogP contribution in [-0.4, -0.2) is 15.6 Å².